The van der Waals surface area contributed by atoms with Crippen molar-refractivity contribution in [3.05, 3.63) is 29.6 Å². The van der Waals surface area contributed by atoms with Gasteiger partial charge in [-0.25, -0.2) is 0 Å². The molecule has 1 aliphatic rings. The molecule has 0 radical (unpaired) electrons. The average Bonchev–Trinajstić information content (AvgIpc) is 2.47. The number of aromatic nitrogens is 1. The maximum atomic E-state index is 11.7. The first-order valence-electron chi connectivity index (χ1n) is 6.81. The van der Waals surface area contributed by atoms with Crippen LogP contribution in [0.15, 0.2) is 18.3 Å². The summed E-state index contributed by atoms with van der Waals surface area (Å²) in [5.41, 5.74) is 7.83. The van der Waals surface area contributed by atoms with Crippen LogP contribution in [0, 0.1) is 5.92 Å². The van der Waals surface area contributed by atoms with Gasteiger partial charge in [0, 0.05) is 32.9 Å². The monoisotopic (exact) mass is 262 g/mol. The standard InChI is InChI=1S/C14H22N4O/c1-16-14(19)12-5-3-7-18(10-12)9-11-4-2-6-17-13(11)8-15/h2,4,6,12H,3,5,7-10,15H2,1H3,(H,16,19). The van der Waals surface area contributed by atoms with Gasteiger partial charge in [-0.3, -0.25) is 14.7 Å². The zero-order valence-corrected chi connectivity index (χ0v) is 11.4. The van der Waals surface area contributed by atoms with Gasteiger partial charge in [0.25, 0.3) is 0 Å². The zero-order valence-electron chi connectivity index (χ0n) is 11.4. The summed E-state index contributed by atoms with van der Waals surface area (Å²) >= 11 is 0. The van der Waals surface area contributed by atoms with Crippen molar-refractivity contribution in [3.63, 3.8) is 0 Å². The van der Waals surface area contributed by atoms with Gasteiger partial charge in [-0.1, -0.05) is 6.07 Å². The van der Waals surface area contributed by atoms with Crippen molar-refractivity contribution in [2.75, 3.05) is 20.1 Å². The van der Waals surface area contributed by atoms with Gasteiger partial charge in [-0.2, -0.15) is 0 Å². The van der Waals surface area contributed by atoms with Crippen molar-refractivity contribution >= 4 is 5.91 Å². The normalized spacial score (nSPS) is 20.2. The van der Waals surface area contributed by atoms with Crippen LogP contribution in [0.1, 0.15) is 24.1 Å². The maximum Gasteiger partial charge on any atom is 0.224 e. The molecule has 2 heterocycles. The van der Waals surface area contributed by atoms with E-state index >= 15 is 0 Å². The summed E-state index contributed by atoms with van der Waals surface area (Å²) in [6, 6.07) is 4.01. The summed E-state index contributed by atoms with van der Waals surface area (Å²) in [7, 11) is 1.70. The molecule has 0 aliphatic carbocycles. The van der Waals surface area contributed by atoms with Gasteiger partial charge in [0.05, 0.1) is 11.6 Å². The lowest BCUT2D eigenvalue weighted by molar-refractivity contribution is -0.126. The Morgan fingerprint density at radius 2 is 2.47 bits per heavy atom. The van der Waals surface area contributed by atoms with E-state index in [9.17, 15) is 4.79 Å². The van der Waals surface area contributed by atoms with Crippen molar-refractivity contribution < 1.29 is 4.79 Å². The molecule has 3 N–H and O–H groups in total. The number of nitrogens with one attached hydrogen (secondary N) is 1. The zero-order chi connectivity index (χ0) is 13.7. The number of likely N-dealkylation sites (tertiary alicyclic amines) is 1. The SMILES string of the molecule is CNC(=O)C1CCCN(Cc2cccnc2CN)C1. The molecule has 1 unspecified atom stereocenters. The van der Waals surface area contributed by atoms with E-state index in [1.807, 2.05) is 6.07 Å². The summed E-state index contributed by atoms with van der Waals surface area (Å²) in [6.45, 7) is 3.14. The fraction of sp³-hybridized carbons (Fsp3) is 0.571. The van der Waals surface area contributed by atoms with Crippen LogP contribution >= 0.6 is 0 Å². The number of hydrogen-bond donors (Lipinski definition) is 2. The molecule has 1 aromatic rings. The molecule has 5 heteroatoms. The molecule has 1 saturated heterocycles. The van der Waals surface area contributed by atoms with Crippen LogP contribution in [0.25, 0.3) is 0 Å². The Kier molecular flexibility index (Phi) is 4.87. The highest BCUT2D eigenvalue weighted by molar-refractivity contribution is 5.78. The van der Waals surface area contributed by atoms with Gasteiger partial charge in [-0.15, -0.1) is 0 Å². The van der Waals surface area contributed by atoms with E-state index < -0.39 is 0 Å². The quantitative estimate of drug-likeness (QED) is 0.829. The Morgan fingerprint density at radius 3 is 3.21 bits per heavy atom. The van der Waals surface area contributed by atoms with Crippen LogP contribution in [0.2, 0.25) is 0 Å². The van der Waals surface area contributed by atoms with Crippen molar-refractivity contribution in [1.82, 2.24) is 15.2 Å². The first-order valence-corrected chi connectivity index (χ1v) is 6.81. The molecule has 5 nitrogen and oxygen atoms in total. The van der Waals surface area contributed by atoms with Crippen molar-refractivity contribution in [2.24, 2.45) is 11.7 Å². The molecule has 0 spiro atoms. The number of carbonyl (C=O) groups excluding carboxylic acids is 1. The van der Waals surface area contributed by atoms with Crippen molar-refractivity contribution in [3.8, 4) is 0 Å². The molecule has 1 atom stereocenters. The van der Waals surface area contributed by atoms with E-state index in [0.29, 0.717) is 6.54 Å². The minimum Gasteiger partial charge on any atom is -0.359 e. The van der Waals surface area contributed by atoms with E-state index in [0.717, 1.165) is 38.2 Å². The molecule has 1 aromatic heterocycles. The minimum atomic E-state index is 0.108. The molecule has 2 rings (SSSR count). The highest BCUT2D eigenvalue weighted by Gasteiger charge is 2.25. The molecule has 0 bridgehead atoms. The summed E-state index contributed by atoms with van der Waals surface area (Å²) in [5, 5.41) is 2.74. The predicted molar refractivity (Wildman–Crippen MR) is 74.2 cm³/mol. The lowest BCUT2D eigenvalue weighted by Crippen LogP contribution is -2.41. The van der Waals surface area contributed by atoms with Crippen molar-refractivity contribution in [2.45, 2.75) is 25.9 Å². The Hall–Kier alpha value is -1.46. The van der Waals surface area contributed by atoms with Crippen LogP contribution in [-0.4, -0.2) is 35.9 Å². The molecule has 0 saturated carbocycles. The third kappa shape index (κ3) is 3.52. The Labute approximate surface area is 114 Å². The summed E-state index contributed by atoms with van der Waals surface area (Å²) in [5.74, 6) is 0.256. The average molecular weight is 262 g/mol. The van der Waals surface area contributed by atoms with Gasteiger partial charge in [-0.05, 0) is 31.0 Å². The minimum absolute atomic E-state index is 0.108. The number of piperidine rings is 1. The van der Waals surface area contributed by atoms with Gasteiger partial charge in [0.15, 0.2) is 0 Å². The van der Waals surface area contributed by atoms with Crippen LogP contribution in [-0.2, 0) is 17.9 Å². The van der Waals surface area contributed by atoms with Gasteiger partial charge in [0.2, 0.25) is 5.91 Å². The van der Waals surface area contributed by atoms with Crippen LogP contribution in [0.5, 0.6) is 0 Å². The fourth-order valence-corrected chi connectivity index (χ4v) is 2.66. The Bertz CT molecular complexity index is 435. The molecular formula is C14H22N4O. The van der Waals surface area contributed by atoms with Gasteiger partial charge in [0.1, 0.15) is 0 Å². The molecule has 1 amide bonds. The van der Waals surface area contributed by atoms with Crippen molar-refractivity contribution in [1.29, 1.82) is 0 Å². The van der Waals surface area contributed by atoms with E-state index in [4.69, 9.17) is 5.73 Å². The number of rotatable bonds is 4. The summed E-state index contributed by atoms with van der Waals surface area (Å²) in [6.07, 6.45) is 3.82. The van der Waals surface area contributed by atoms with E-state index in [2.05, 4.69) is 21.3 Å². The fourth-order valence-electron chi connectivity index (χ4n) is 2.66. The first-order chi connectivity index (χ1) is 9.24. The van der Waals surface area contributed by atoms with Crippen LogP contribution in [0.4, 0.5) is 0 Å². The number of pyridine rings is 1. The summed E-state index contributed by atoms with van der Waals surface area (Å²) in [4.78, 5) is 18.3. The first kappa shape index (κ1) is 14.0. The topological polar surface area (TPSA) is 71.2 Å². The number of amides is 1. The van der Waals surface area contributed by atoms with Crippen LogP contribution < -0.4 is 11.1 Å². The van der Waals surface area contributed by atoms with E-state index in [1.54, 1.807) is 13.2 Å². The second kappa shape index (κ2) is 6.63. The second-order valence-electron chi connectivity index (χ2n) is 5.00. The lowest BCUT2D eigenvalue weighted by atomic mass is 9.96. The predicted octanol–water partition coefficient (Wildman–Crippen LogP) is 0.498. The number of nitrogens with zero attached hydrogens (tertiary/aromatic N) is 2. The number of hydrogen-bond acceptors (Lipinski definition) is 4. The Balaban J connectivity index is 2.00. The molecular weight excluding hydrogens is 240 g/mol. The smallest absolute Gasteiger partial charge is 0.224 e. The van der Waals surface area contributed by atoms with Gasteiger partial charge >= 0.3 is 0 Å². The molecule has 19 heavy (non-hydrogen) atoms. The molecule has 1 aliphatic heterocycles. The van der Waals surface area contributed by atoms with E-state index in [-0.39, 0.29) is 11.8 Å². The largest absolute Gasteiger partial charge is 0.359 e. The van der Waals surface area contributed by atoms with E-state index in [1.165, 1.54) is 5.56 Å². The molecule has 104 valence electrons. The highest BCUT2D eigenvalue weighted by atomic mass is 16.1. The number of carbonyl (C=O) groups is 1. The third-order valence-electron chi connectivity index (χ3n) is 3.69. The maximum absolute atomic E-state index is 11.7. The second-order valence-corrected chi connectivity index (χ2v) is 5.00. The number of nitrogens with two attached hydrogens (primary N) is 1. The molecule has 1 fully saturated rings. The van der Waals surface area contributed by atoms with Crippen LogP contribution in [0.3, 0.4) is 0 Å². The van der Waals surface area contributed by atoms with Gasteiger partial charge < -0.3 is 11.1 Å². The molecule has 0 aromatic carbocycles. The lowest BCUT2D eigenvalue weighted by Gasteiger charge is -2.32. The Morgan fingerprint density at radius 1 is 1.63 bits per heavy atom. The highest BCUT2D eigenvalue weighted by Crippen LogP contribution is 2.19. The summed E-state index contributed by atoms with van der Waals surface area (Å²) < 4.78 is 0. The third-order valence-corrected chi connectivity index (χ3v) is 3.69.